The van der Waals surface area contributed by atoms with Crippen molar-refractivity contribution >= 4 is 17.2 Å². The molecule has 0 amide bonds. The molecule has 2 atom stereocenters. The first-order valence-electron chi connectivity index (χ1n) is 8.24. The molecule has 4 heteroatoms. The smallest absolute Gasteiger partial charge is 0.124 e. The minimum Gasteiger partial charge on any atom is -0.378 e. The summed E-state index contributed by atoms with van der Waals surface area (Å²) in [5.74, 6) is -0.297. The summed E-state index contributed by atoms with van der Waals surface area (Å²) in [4.78, 5) is 2.50. The molecule has 2 aromatic carbocycles. The molecular formula is C20H19ClFNO. The van der Waals surface area contributed by atoms with E-state index in [9.17, 15) is 4.39 Å². The molecule has 2 nitrogen and oxygen atoms in total. The van der Waals surface area contributed by atoms with E-state index in [0.29, 0.717) is 17.7 Å². The van der Waals surface area contributed by atoms with Crippen LogP contribution in [0.5, 0.6) is 0 Å². The molecule has 2 heterocycles. The molecule has 124 valence electrons. The zero-order valence-corrected chi connectivity index (χ0v) is 14.0. The van der Waals surface area contributed by atoms with Crippen LogP contribution < -0.4 is 0 Å². The van der Waals surface area contributed by atoms with E-state index < -0.39 is 0 Å². The van der Waals surface area contributed by atoms with Crippen molar-refractivity contribution in [3.8, 4) is 0 Å². The van der Waals surface area contributed by atoms with Crippen molar-refractivity contribution in [1.29, 1.82) is 0 Å². The topological polar surface area (TPSA) is 12.5 Å². The van der Waals surface area contributed by atoms with E-state index in [1.54, 1.807) is 6.07 Å². The number of rotatable bonds is 3. The van der Waals surface area contributed by atoms with Crippen LogP contribution in [0.3, 0.4) is 0 Å². The third-order valence-corrected chi connectivity index (χ3v) is 5.14. The summed E-state index contributed by atoms with van der Waals surface area (Å²) < 4.78 is 19.1. The summed E-state index contributed by atoms with van der Waals surface area (Å²) in [5.41, 5.74) is 3.45. The second-order valence-electron chi connectivity index (χ2n) is 6.44. The van der Waals surface area contributed by atoms with Gasteiger partial charge < -0.3 is 4.74 Å². The van der Waals surface area contributed by atoms with Crippen LogP contribution in [0.15, 0.2) is 54.6 Å². The summed E-state index contributed by atoms with van der Waals surface area (Å²) in [6.45, 7) is 2.32. The predicted molar refractivity (Wildman–Crippen MR) is 94.4 cm³/mol. The summed E-state index contributed by atoms with van der Waals surface area (Å²) in [6.07, 6.45) is 3.10. The van der Waals surface area contributed by atoms with Gasteiger partial charge >= 0.3 is 0 Å². The molecule has 1 saturated heterocycles. The molecular weight excluding hydrogens is 325 g/mol. The monoisotopic (exact) mass is 343 g/mol. The zero-order valence-electron chi connectivity index (χ0n) is 13.3. The molecule has 0 N–H and O–H groups in total. The Balaban J connectivity index is 1.62. The maximum atomic E-state index is 13.3. The number of fused-ring (bicyclic) bond motifs is 2. The van der Waals surface area contributed by atoms with E-state index in [4.69, 9.17) is 16.3 Å². The number of hydrogen-bond donors (Lipinski definition) is 0. The van der Waals surface area contributed by atoms with Crippen molar-refractivity contribution in [2.75, 3.05) is 13.2 Å². The van der Waals surface area contributed by atoms with E-state index in [1.165, 1.54) is 23.3 Å². The second kappa shape index (κ2) is 6.67. The molecule has 2 bridgehead atoms. The highest BCUT2D eigenvalue weighted by Gasteiger charge is 2.35. The molecule has 0 saturated carbocycles. The third kappa shape index (κ3) is 3.12. The highest BCUT2D eigenvalue weighted by atomic mass is 35.5. The second-order valence-corrected chi connectivity index (χ2v) is 6.84. The van der Waals surface area contributed by atoms with Crippen LogP contribution in [0, 0.1) is 5.82 Å². The molecule has 2 unspecified atom stereocenters. The fourth-order valence-corrected chi connectivity index (χ4v) is 3.94. The Labute approximate surface area is 146 Å². The number of ether oxygens (including phenoxy) is 1. The van der Waals surface area contributed by atoms with E-state index >= 15 is 0 Å². The zero-order chi connectivity index (χ0) is 16.5. The minimum absolute atomic E-state index is 0.230. The summed E-state index contributed by atoms with van der Waals surface area (Å²) in [6, 6.07) is 15.7. The lowest BCUT2D eigenvalue weighted by Crippen LogP contribution is -2.53. The summed E-state index contributed by atoms with van der Waals surface area (Å²) >= 11 is 6.26. The SMILES string of the molecule is Fc1ccc(C2=CC3COCC(C2)N3Cc2ccccc2)c(Cl)c1. The molecule has 2 aromatic rings. The Morgan fingerprint density at radius 3 is 2.71 bits per heavy atom. The van der Waals surface area contributed by atoms with Gasteiger partial charge in [0.1, 0.15) is 5.82 Å². The number of morpholine rings is 1. The predicted octanol–water partition coefficient (Wildman–Crippen LogP) is 4.54. The average Bonchev–Trinajstić information content (AvgIpc) is 2.56. The van der Waals surface area contributed by atoms with Gasteiger partial charge in [0, 0.05) is 12.6 Å². The van der Waals surface area contributed by atoms with Gasteiger partial charge in [-0.15, -0.1) is 0 Å². The number of nitrogens with zero attached hydrogens (tertiary/aromatic N) is 1. The molecule has 24 heavy (non-hydrogen) atoms. The molecule has 1 fully saturated rings. The van der Waals surface area contributed by atoms with E-state index in [0.717, 1.165) is 25.1 Å². The Bertz CT molecular complexity index is 761. The van der Waals surface area contributed by atoms with Gasteiger partial charge in [-0.05, 0) is 35.3 Å². The maximum absolute atomic E-state index is 13.3. The Kier molecular flexibility index (Phi) is 4.40. The fourth-order valence-electron chi connectivity index (χ4n) is 3.65. The van der Waals surface area contributed by atoms with Crippen molar-refractivity contribution in [1.82, 2.24) is 4.90 Å². The molecule has 4 rings (SSSR count). The molecule has 0 radical (unpaired) electrons. The lowest BCUT2D eigenvalue weighted by molar-refractivity contribution is -0.0402. The standard InChI is InChI=1S/C20H19ClFNO/c21-20-10-16(22)6-7-19(20)15-8-17-12-24-13-18(9-15)23(17)11-14-4-2-1-3-5-14/h1-8,10,17-18H,9,11-13H2. The van der Waals surface area contributed by atoms with Gasteiger partial charge in [-0.1, -0.05) is 54.1 Å². The molecule has 0 aliphatic carbocycles. The lowest BCUT2D eigenvalue weighted by atomic mass is 9.89. The normalized spacial score (nSPS) is 23.8. The van der Waals surface area contributed by atoms with Gasteiger partial charge in [-0.25, -0.2) is 4.39 Å². The first-order valence-corrected chi connectivity index (χ1v) is 8.62. The fraction of sp³-hybridized carbons (Fsp3) is 0.300. The average molecular weight is 344 g/mol. The van der Waals surface area contributed by atoms with Crippen LogP contribution in [0.4, 0.5) is 4.39 Å². The van der Waals surface area contributed by atoms with Crippen LogP contribution in [0.25, 0.3) is 5.57 Å². The first-order chi connectivity index (χ1) is 11.7. The van der Waals surface area contributed by atoms with Gasteiger partial charge in [0.05, 0.1) is 24.3 Å². The lowest BCUT2D eigenvalue weighted by Gasteiger charge is -2.45. The van der Waals surface area contributed by atoms with Crippen LogP contribution in [-0.2, 0) is 11.3 Å². The molecule has 0 aromatic heterocycles. The van der Waals surface area contributed by atoms with Gasteiger partial charge in [-0.2, -0.15) is 0 Å². The first kappa shape index (κ1) is 15.8. The Morgan fingerprint density at radius 2 is 1.96 bits per heavy atom. The quantitative estimate of drug-likeness (QED) is 0.811. The van der Waals surface area contributed by atoms with Crippen molar-refractivity contribution in [2.45, 2.75) is 25.0 Å². The van der Waals surface area contributed by atoms with Gasteiger partial charge in [0.15, 0.2) is 0 Å². The van der Waals surface area contributed by atoms with Gasteiger partial charge in [0.25, 0.3) is 0 Å². The van der Waals surface area contributed by atoms with E-state index in [1.807, 2.05) is 6.07 Å². The molecule has 2 aliphatic heterocycles. The van der Waals surface area contributed by atoms with Gasteiger partial charge in [-0.3, -0.25) is 4.90 Å². The van der Waals surface area contributed by atoms with Crippen molar-refractivity contribution in [3.05, 3.63) is 76.6 Å². The van der Waals surface area contributed by atoms with Crippen LogP contribution in [-0.4, -0.2) is 30.2 Å². The highest BCUT2D eigenvalue weighted by Crippen LogP contribution is 2.36. The number of hydrogen-bond acceptors (Lipinski definition) is 2. The van der Waals surface area contributed by atoms with Crippen molar-refractivity contribution < 1.29 is 9.13 Å². The minimum atomic E-state index is -0.297. The third-order valence-electron chi connectivity index (χ3n) is 4.83. The Morgan fingerprint density at radius 1 is 1.12 bits per heavy atom. The van der Waals surface area contributed by atoms with E-state index in [-0.39, 0.29) is 11.9 Å². The summed E-state index contributed by atoms with van der Waals surface area (Å²) in [7, 11) is 0. The van der Waals surface area contributed by atoms with Crippen LogP contribution in [0.2, 0.25) is 5.02 Å². The van der Waals surface area contributed by atoms with Crippen LogP contribution in [0.1, 0.15) is 17.5 Å². The number of benzene rings is 2. The van der Waals surface area contributed by atoms with Crippen LogP contribution >= 0.6 is 11.6 Å². The van der Waals surface area contributed by atoms with E-state index in [2.05, 4.69) is 35.2 Å². The molecule has 0 spiro atoms. The highest BCUT2D eigenvalue weighted by molar-refractivity contribution is 6.32. The van der Waals surface area contributed by atoms with Crippen molar-refractivity contribution in [3.63, 3.8) is 0 Å². The van der Waals surface area contributed by atoms with Gasteiger partial charge in [0.2, 0.25) is 0 Å². The Hall–Kier alpha value is -1.68. The summed E-state index contributed by atoms with van der Waals surface area (Å²) in [5, 5.41) is 0.483. The maximum Gasteiger partial charge on any atom is 0.124 e. The molecule has 2 aliphatic rings. The number of halogens is 2. The largest absolute Gasteiger partial charge is 0.378 e. The van der Waals surface area contributed by atoms with Crippen molar-refractivity contribution in [2.24, 2.45) is 0 Å².